The molecule has 0 aliphatic carbocycles. The minimum atomic E-state index is -4.66. The van der Waals surface area contributed by atoms with Gasteiger partial charge in [-0.25, -0.2) is 0 Å². The third-order valence-corrected chi connectivity index (χ3v) is 2.54. The summed E-state index contributed by atoms with van der Waals surface area (Å²) >= 11 is 0. The zero-order valence-electron chi connectivity index (χ0n) is 9.78. The molecule has 0 saturated carbocycles. The van der Waals surface area contributed by atoms with E-state index in [0.29, 0.717) is 12.5 Å². The fraction of sp³-hybridized carbons (Fsp3) is 0.364. The summed E-state index contributed by atoms with van der Waals surface area (Å²) in [6, 6.07) is 5.70. The van der Waals surface area contributed by atoms with Crippen molar-refractivity contribution in [3.63, 3.8) is 0 Å². The normalized spacial score (nSPS) is 18.9. The number of benzene rings is 1. The van der Waals surface area contributed by atoms with E-state index in [1.807, 2.05) is 0 Å². The van der Waals surface area contributed by atoms with E-state index in [4.69, 9.17) is 5.73 Å². The van der Waals surface area contributed by atoms with Crippen molar-refractivity contribution in [2.75, 3.05) is 6.54 Å². The summed E-state index contributed by atoms with van der Waals surface area (Å²) in [5.74, 6) is 0.116. The van der Waals surface area contributed by atoms with Crippen LogP contribution in [0.25, 0.3) is 0 Å². The maximum absolute atomic E-state index is 12.0. The zero-order chi connectivity index (χ0) is 13.2. The SMILES string of the molecule is Cl.NC1=NCCC(c2ccc(OC(F)(F)F)cc2)N1. The van der Waals surface area contributed by atoms with Crippen molar-refractivity contribution in [3.8, 4) is 5.75 Å². The first-order valence-electron chi connectivity index (χ1n) is 5.36. The van der Waals surface area contributed by atoms with Gasteiger partial charge in [0, 0.05) is 6.54 Å². The van der Waals surface area contributed by atoms with Crippen molar-refractivity contribution in [1.82, 2.24) is 5.32 Å². The van der Waals surface area contributed by atoms with Crippen molar-refractivity contribution in [2.24, 2.45) is 10.7 Å². The second-order valence-electron chi connectivity index (χ2n) is 3.87. The Morgan fingerprint density at radius 1 is 1.26 bits per heavy atom. The van der Waals surface area contributed by atoms with Crippen LogP contribution in [-0.2, 0) is 0 Å². The molecule has 0 aromatic heterocycles. The van der Waals surface area contributed by atoms with Crippen molar-refractivity contribution in [3.05, 3.63) is 29.8 Å². The van der Waals surface area contributed by atoms with Crippen molar-refractivity contribution in [2.45, 2.75) is 18.8 Å². The molecule has 1 aromatic carbocycles. The summed E-state index contributed by atoms with van der Waals surface area (Å²) in [4.78, 5) is 3.98. The van der Waals surface area contributed by atoms with E-state index in [1.54, 1.807) is 12.1 Å². The molecule has 8 heteroatoms. The van der Waals surface area contributed by atoms with Gasteiger partial charge in [0.2, 0.25) is 0 Å². The number of guanidine groups is 1. The number of nitrogens with one attached hydrogen (secondary N) is 1. The predicted molar refractivity (Wildman–Crippen MR) is 67.4 cm³/mol. The molecule has 0 bridgehead atoms. The fourth-order valence-corrected chi connectivity index (χ4v) is 1.76. The molecule has 0 spiro atoms. The lowest BCUT2D eigenvalue weighted by Crippen LogP contribution is -2.38. The van der Waals surface area contributed by atoms with Crippen molar-refractivity contribution in [1.29, 1.82) is 0 Å². The van der Waals surface area contributed by atoms with Gasteiger partial charge in [-0.05, 0) is 24.1 Å². The largest absolute Gasteiger partial charge is 0.573 e. The number of aliphatic imine (C=N–C) groups is 1. The molecule has 19 heavy (non-hydrogen) atoms. The summed E-state index contributed by atoms with van der Waals surface area (Å²) in [7, 11) is 0. The van der Waals surface area contributed by atoms with Gasteiger partial charge in [-0.2, -0.15) is 0 Å². The van der Waals surface area contributed by atoms with Crippen LogP contribution < -0.4 is 15.8 Å². The molecule has 1 unspecified atom stereocenters. The van der Waals surface area contributed by atoms with Gasteiger partial charge in [0.15, 0.2) is 5.96 Å². The van der Waals surface area contributed by atoms with Gasteiger partial charge in [-0.1, -0.05) is 12.1 Å². The smallest absolute Gasteiger partial charge is 0.406 e. The van der Waals surface area contributed by atoms with E-state index in [2.05, 4.69) is 15.0 Å². The molecule has 106 valence electrons. The van der Waals surface area contributed by atoms with Crippen LogP contribution in [0.5, 0.6) is 5.75 Å². The van der Waals surface area contributed by atoms with Crippen LogP contribution in [0.1, 0.15) is 18.0 Å². The molecule has 1 aromatic rings. The van der Waals surface area contributed by atoms with Gasteiger partial charge in [0.1, 0.15) is 5.75 Å². The molecule has 0 amide bonds. The molecule has 0 saturated heterocycles. The molecular weight excluding hydrogens is 283 g/mol. The lowest BCUT2D eigenvalue weighted by Gasteiger charge is -2.23. The zero-order valence-corrected chi connectivity index (χ0v) is 10.6. The fourth-order valence-electron chi connectivity index (χ4n) is 1.76. The highest BCUT2D eigenvalue weighted by atomic mass is 35.5. The van der Waals surface area contributed by atoms with Crippen LogP contribution in [0.15, 0.2) is 29.3 Å². The first-order chi connectivity index (χ1) is 8.44. The quantitative estimate of drug-likeness (QED) is 0.880. The van der Waals surface area contributed by atoms with Gasteiger partial charge >= 0.3 is 6.36 Å². The maximum atomic E-state index is 12.0. The van der Waals surface area contributed by atoms with Gasteiger partial charge < -0.3 is 15.8 Å². The Morgan fingerprint density at radius 3 is 2.42 bits per heavy atom. The molecule has 4 nitrogen and oxygen atoms in total. The second-order valence-corrected chi connectivity index (χ2v) is 3.87. The summed E-state index contributed by atoms with van der Waals surface area (Å²) in [5.41, 5.74) is 6.39. The van der Waals surface area contributed by atoms with E-state index >= 15 is 0 Å². The summed E-state index contributed by atoms with van der Waals surface area (Å²) < 4.78 is 39.7. The van der Waals surface area contributed by atoms with Gasteiger partial charge in [-0.3, -0.25) is 4.99 Å². The molecule has 2 rings (SSSR count). The van der Waals surface area contributed by atoms with Crippen molar-refractivity contribution < 1.29 is 17.9 Å². The number of nitrogens with zero attached hydrogens (tertiary/aromatic N) is 1. The Morgan fingerprint density at radius 2 is 1.89 bits per heavy atom. The maximum Gasteiger partial charge on any atom is 0.573 e. The number of rotatable bonds is 2. The lowest BCUT2D eigenvalue weighted by atomic mass is 10.0. The third-order valence-electron chi connectivity index (χ3n) is 2.54. The van der Waals surface area contributed by atoms with Crippen LogP contribution in [0.2, 0.25) is 0 Å². The minimum Gasteiger partial charge on any atom is -0.406 e. The van der Waals surface area contributed by atoms with Gasteiger partial charge in [0.05, 0.1) is 6.04 Å². The van der Waals surface area contributed by atoms with E-state index in [-0.39, 0.29) is 24.2 Å². The summed E-state index contributed by atoms with van der Waals surface area (Å²) in [6.07, 6.45) is -3.91. The molecule has 1 atom stereocenters. The standard InChI is InChI=1S/C11H12F3N3O.ClH/c12-11(13,14)18-8-3-1-7(2-4-8)9-5-6-16-10(15)17-9;/h1-4,9H,5-6H2,(H3,15,16,17);1H. The number of alkyl halides is 3. The number of halogens is 4. The monoisotopic (exact) mass is 295 g/mol. The molecule has 1 aliphatic heterocycles. The number of hydrogen-bond acceptors (Lipinski definition) is 4. The topological polar surface area (TPSA) is 59.6 Å². The Balaban J connectivity index is 0.00000180. The molecule has 0 radical (unpaired) electrons. The highest BCUT2D eigenvalue weighted by Crippen LogP contribution is 2.25. The number of ether oxygens (including phenoxy) is 1. The molecule has 0 fully saturated rings. The van der Waals surface area contributed by atoms with E-state index < -0.39 is 6.36 Å². The van der Waals surface area contributed by atoms with Crippen molar-refractivity contribution >= 4 is 18.4 Å². The number of hydrogen-bond donors (Lipinski definition) is 2. The Hall–Kier alpha value is -1.63. The summed E-state index contributed by atoms with van der Waals surface area (Å²) in [6.45, 7) is 0.601. The molecule has 3 N–H and O–H groups in total. The van der Waals surface area contributed by atoms with Gasteiger partial charge in [-0.15, -0.1) is 25.6 Å². The highest BCUT2D eigenvalue weighted by molar-refractivity contribution is 5.85. The average Bonchev–Trinajstić information content (AvgIpc) is 2.28. The van der Waals surface area contributed by atoms with Crippen LogP contribution in [-0.4, -0.2) is 18.9 Å². The minimum absolute atomic E-state index is 0. The second kappa shape index (κ2) is 6.01. The third kappa shape index (κ3) is 4.51. The van der Waals surface area contributed by atoms with Crippen LogP contribution in [0, 0.1) is 0 Å². The Bertz CT molecular complexity index is 447. The highest BCUT2D eigenvalue weighted by Gasteiger charge is 2.31. The summed E-state index contributed by atoms with van der Waals surface area (Å²) in [5, 5.41) is 2.97. The first kappa shape index (κ1) is 15.4. The van der Waals surface area contributed by atoms with Gasteiger partial charge in [0.25, 0.3) is 0 Å². The predicted octanol–water partition coefficient (Wildman–Crippen LogP) is 2.36. The Labute approximate surface area is 114 Å². The van der Waals surface area contributed by atoms with E-state index in [9.17, 15) is 13.2 Å². The average molecular weight is 296 g/mol. The molecule has 1 heterocycles. The Kier molecular flexibility index (Phi) is 4.88. The van der Waals surface area contributed by atoms with E-state index in [0.717, 1.165) is 12.0 Å². The van der Waals surface area contributed by atoms with E-state index in [1.165, 1.54) is 12.1 Å². The molecular formula is C11H13ClF3N3O. The van der Waals surface area contributed by atoms with Crippen LogP contribution >= 0.6 is 12.4 Å². The van der Waals surface area contributed by atoms with Crippen LogP contribution in [0.4, 0.5) is 13.2 Å². The first-order valence-corrected chi connectivity index (χ1v) is 5.36. The lowest BCUT2D eigenvalue weighted by molar-refractivity contribution is -0.274. The van der Waals surface area contributed by atoms with Crippen LogP contribution in [0.3, 0.4) is 0 Å². The number of nitrogens with two attached hydrogens (primary N) is 1. The molecule has 1 aliphatic rings.